The highest BCUT2D eigenvalue weighted by molar-refractivity contribution is 5.62. The predicted octanol–water partition coefficient (Wildman–Crippen LogP) is 5.32. The summed E-state index contributed by atoms with van der Waals surface area (Å²) in [6.45, 7) is 18.2. The van der Waals surface area contributed by atoms with Gasteiger partial charge in [0.25, 0.3) is 0 Å². The van der Waals surface area contributed by atoms with E-state index in [2.05, 4.69) is 20.3 Å². The van der Waals surface area contributed by atoms with Crippen LogP contribution in [0.5, 0.6) is 0 Å². The standard InChI is InChI=1S/C12H13F3N2O.C11H11F3N2O.2CO2/c1-7(8(2)18)17-9-4-5-11(16-3)10(6-9)12(13,14)15;1-7(17)6-16-8-3-4-10(15-2)9(5-8)11(12,13)14;2*2-1-3/h4-8,17-18H,1-2H3;3-5,7,16-17H,6H2,1H3;;/t7-,8-;7-;;/m00../s1. The fraction of sp³-hybridized carbons (Fsp3) is 0.360. The zero-order valence-corrected chi connectivity index (χ0v) is 21.6. The van der Waals surface area contributed by atoms with E-state index in [4.69, 9.17) is 37.4 Å². The number of alkyl halides is 6. The van der Waals surface area contributed by atoms with Gasteiger partial charge in [0.05, 0.1) is 36.5 Å². The molecular formula is C25H24F6N4O6. The summed E-state index contributed by atoms with van der Waals surface area (Å²) in [5.41, 5.74) is -2.35. The van der Waals surface area contributed by atoms with Gasteiger partial charge in [-0.25, -0.2) is 9.69 Å². The summed E-state index contributed by atoms with van der Waals surface area (Å²) in [4.78, 5) is 38.2. The fourth-order valence-corrected chi connectivity index (χ4v) is 2.57. The Kier molecular flexibility index (Phi) is 17.4. The van der Waals surface area contributed by atoms with Crippen LogP contribution in [-0.4, -0.2) is 47.3 Å². The first kappa shape index (κ1) is 38.4. The third kappa shape index (κ3) is 15.5. The highest BCUT2D eigenvalue weighted by atomic mass is 19.4. The van der Waals surface area contributed by atoms with Crippen molar-refractivity contribution in [3.05, 3.63) is 70.4 Å². The minimum Gasteiger partial charge on any atom is -0.392 e. The Morgan fingerprint density at radius 2 is 1.15 bits per heavy atom. The number of aliphatic hydroxyl groups excluding tert-OH is 2. The van der Waals surface area contributed by atoms with Crippen LogP contribution in [0.15, 0.2) is 36.4 Å². The van der Waals surface area contributed by atoms with Gasteiger partial charge < -0.3 is 20.8 Å². The van der Waals surface area contributed by atoms with Crippen LogP contribution in [0.1, 0.15) is 31.9 Å². The van der Waals surface area contributed by atoms with E-state index in [0.29, 0.717) is 0 Å². The Morgan fingerprint density at radius 3 is 1.46 bits per heavy atom. The molecule has 0 heterocycles. The van der Waals surface area contributed by atoms with Crippen molar-refractivity contribution in [2.75, 3.05) is 17.2 Å². The molecule has 0 amide bonds. The predicted molar refractivity (Wildman–Crippen MR) is 130 cm³/mol. The number of halogens is 6. The summed E-state index contributed by atoms with van der Waals surface area (Å²) in [5.74, 6) is 0. The second kappa shape index (κ2) is 18.5. The van der Waals surface area contributed by atoms with Gasteiger partial charge in [-0.3, -0.25) is 0 Å². The largest absolute Gasteiger partial charge is 0.407 e. The first-order valence-corrected chi connectivity index (χ1v) is 11.0. The number of anilines is 2. The Hall–Kier alpha value is -4.72. The van der Waals surface area contributed by atoms with Crippen molar-refractivity contribution in [1.82, 2.24) is 0 Å². The number of rotatable bonds is 6. The summed E-state index contributed by atoms with van der Waals surface area (Å²) in [6, 6.07) is 6.37. The third-order valence-corrected chi connectivity index (χ3v) is 4.56. The van der Waals surface area contributed by atoms with E-state index in [0.717, 1.165) is 24.3 Å². The smallest absolute Gasteiger partial charge is 0.392 e. The van der Waals surface area contributed by atoms with Crippen LogP contribution in [0.4, 0.5) is 49.1 Å². The van der Waals surface area contributed by atoms with E-state index in [-0.39, 0.29) is 36.3 Å². The molecule has 16 heteroatoms. The Morgan fingerprint density at radius 1 is 0.780 bits per heavy atom. The molecule has 2 aromatic rings. The van der Waals surface area contributed by atoms with Crippen molar-refractivity contribution < 1.29 is 55.7 Å². The number of benzene rings is 2. The van der Waals surface area contributed by atoms with Gasteiger partial charge >= 0.3 is 24.7 Å². The van der Waals surface area contributed by atoms with Gasteiger partial charge in [0.15, 0.2) is 11.4 Å². The molecule has 0 unspecified atom stereocenters. The Labute approximate surface area is 230 Å². The molecule has 0 saturated heterocycles. The molecule has 0 spiro atoms. The quantitative estimate of drug-likeness (QED) is 0.262. The lowest BCUT2D eigenvalue weighted by Gasteiger charge is -2.19. The van der Waals surface area contributed by atoms with Crippen LogP contribution in [0.25, 0.3) is 9.69 Å². The van der Waals surface area contributed by atoms with Crippen LogP contribution >= 0.6 is 0 Å². The van der Waals surface area contributed by atoms with Gasteiger partial charge in [-0.05, 0) is 45.0 Å². The number of nitrogens with zero attached hydrogens (tertiary/aromatic N) is 2. The second-order valence-electron chi connectivity index (χ2n) is 7.75. The van der Waals surface area contributed by atoms with Crippen molar-refractivity contribution in [3.63, 3.8) is 0 Å². The fourth-order valence-electron chi connectivity index (χ4n) is 2.57. The van der Waals surface area contributed by atoms with Crippen LogP contribution in [0, 0.1) is 13.1 Å². The molecule has 0 aliphatic rings. The van der Waals surface area contributed by atoms with E-state index in [1.54, 1.807) is 6.92 Å². The van der Waals surface area contributed by atoms with Gasteiger partial charge in [0.2, 0.25) is 0 Å². The van der Waals surface area contributed by atoms with Crippen molar-refractivity contribution in [3.8, 4) is 0 Å². The minimum absolute atomic E-state index is 0.147. The molecule has 0 fully saturated rings. The average molecular weight is 590 g/mol. The number of hydrogen-bond acceptors (Lipinski definition) is 8. The summed E-state index contributed by atoms with van der Waals surface area (Å²) >= 11 is 0. The number of hydrogen-bond donors (Lipinski definition) is 4. The van der Waals surface area contributed by atoms with E-state index >= 15 is 0 Å². The maximum atomic E-state index is 12.7. The van der Waals surface area contributed by atoms with Gasteiger partial charge in [-0.15, -0.1) is 0 Å². The molecule has 0 saturated carbocycles. The molecule has 0 aliphatic carbocycles. The molecule has 3 atom stereocenters. The lowest BCUT2D eigenvalue weighted by atomic mass is 10.1. The maximum Gasteiger partial charge on any atom is 0.407 e. The minimum atomic E-state index is -4.56. The molecule has 2 aromatic carbocycles. The zero-order chi connectivity index (χ0) is 32.4. The molecule has 0 aliphatic heterocycles. The normalized spacial score (nSPS) is 12.2. The number of carbonyl (C=O) groups excluding carboxylic acids is 4. The highest BCUT2D eigenvalue weighted by Gasteiger charge is 2.34. The first-order chi connectivity index (χ1) is 18.9. The van der Waals surface area contributed by atoms with E-state index in [9.17, 15) is 31.4 Å². The molecular weight excluding hydrogens is 566 g/mol. The maximum absolute atomic E-state index is 12.7. The van der Waals surface area contributed by atoms with E-state index in [1.165, 1.54) is 26.0 Å². The summed E-state index contributed by atoms with van der Waals surface area (Å²) in [7, 11) is 0. The molecule has 41 heavy (non-hydrogen) atoms. The molecule has 0 aromatic heterocycles. The molecule has 4 N–H and O–H groups in total. The Balaban J connectivity index is 0. The number of nitrogens with one attached hydrogen (secondary N) is 2. The Bertz CT molecular complexity index is 1240. The van der Waals surface area contributed by atoms with Crippen LogP contribution in [0.2, 0.25) is 0 Å². The zero-order valence-electron chi connectivity index (χ0n) is 21.6. The third-order valence-electron chi connectivity index (χ3n) is 4.56. The first-order valence-electron chi connectivity index (χ1n) is 11.0. The lowest BCUT2D eigenvalue weighted by Crippen LogP contribution is -2.27. The SMILES string of the molecule is O=C=O.O=C=O.[C-]#[N+]c1ccc(NC[C@H](C)O)cc1C(F)(F)F.[C-]#[N+]c1ccc(N[C@@H](C)[C@H](C)O)cc1C(F)(F)F. The lowest BCUT2D eigenvalue weighted by molar-refractivity contribution is -0.193. The topological polar surface area (TPSA) is 142 Å². The van der Waals surface area contributed by atoms with Gasteiger partial charge in [0.1, 0.15) is 0 Å². The van der Waals surface area contributed by atoms with Gasteiger partial charge in [-0.1, -0.05) is 12.1 Å². The molecule has 2 rings (SSSR count). The van der Waals surface area contributed by atoms with E-state index < -0.39 is 47.1 Å². The van der Waals surface area contributed by atoms with Crippen LogP contribution in [-0.2, 0) is 31.5 Å². The summed E-state index contributed by atoms with van der Waals surface area (Å²) < 4.78 is 75.9. The van der Waals surface area contributed by atoms with Crippen molar-refractivity contribution in [1.29, 1.82) is 0 Å². The summed E-state index contributed by atoms with van der Waals surface area (Å²) in [5, 5.41) is 23.7. The van der Waals surface area contributed by atoms with Crippen molar-refractivity contribution >= 4 is 35.1 Å². The molecule has 0 bridgehead atoms. The number of aliphatic hydroxyl groups is 2. The highest BCUT2D eigenvalue weighted by Crippen LogP contribution is 2.39. The summed E-state index contributed by atoms with van der Waals surface area (Å²) in [6.07, 6.45) is -9.97. The average Bonchev–Trinajstić information content (AvgIpc) is 2.87. The molecule has 10 nitrogen and oxygen atoms in total. The van der Waals surface area contributed by atoms with Crippen molar-refractivity contribution in [2.24, 2.45) is 0 Å². The second-order valence-corrected chi connectivity index (χ2v) is 7.75. The molecule has 222 valence electrons. The van der Waals surface area contributed by atoms with Gasteiger partial charge in [0, 0.05) is 24.0 Å². The van der Waals surface area contributed by atoms with Crippen molar-refractivity contribution in [2.45, 2.75) is 51.4 Å². The van der Waals surface area contributed by atoms with Crippen LogP contribution < -0.4 is 10.6 Å². The van der Waals surface area contributed by atoms with Crippen LogP contribution in [0.3, 0.4) is 0 Å². The monoisotopic (exact) mass is 590 g/mol. The van der Waals surface area contributed by atoms with Gasteiger partial charge in [-0.2, -0.15) is 45.5 Å². The van der Waals surface area contributed by atoms with E-state index in [1.807, 2.05) is 0 Å². The molecule has 0 radical (unpaired) electrons.